The van der Waals surface area contributed by atoms with Gasteiger partial charge < -0.3 is 20.1 Å². The number of aromatic nitrogens is 6. The van der Waals surface area contributed by atoms with E-state index in [4.69, 9.17) is 9.84 Å². The second-order valence-corrected chi connectivity index (χ2v) is 12.9. The van der Waals surface area contributed by atoms with E-state index < -0.39 is 5.97 Å². The summed E-state index contributed by atoms with van der Waals surface area (Å²) in [6, 6.07) is 4.12. The fourth-order valence-electron chi connectivity index (χ4n) is 4.54. The molecule has 3 aromatic heterocycles. The lowest BCUT2D eigenvalue weighted by molar-refractivity contribution is 0.0690. The Hall–Kier alpha value is -3.93. The number of H-pyrrole nitrogens is 1. The van der Waals surface area contributed by atoms with E-state index in [0.717, 1.165) is 64.6 Å². The second-order valence-electron chi connectivity index (χ2n) is 11.0. The van der Waals surface area contributed by atoms with E-state index in [0.29, 0.717) is 24.2 Å². The van der Waals surface area contributed by atoms with Crippen LogP contribution >= 0.6 is 11.8 Å². The van der Waals surface area contributed by atoms with Gasteiger partial charge >= 0.3 is 5.97 Å². The molecule has 1 fully saturated rings. The van der Waals surface area contributed by atoms with Crippen LogP contribution in [0.1, 0.15) is 55.4 Å². The Balaban J connectivity index is 1.31. The molecule has 0 amide bonds. The third kappa shape index (κ3) is 6.27. The van der Waals surface area contributed by atoms with Crippen molar-refractivity contribution in [2.45, 2.75) is 57.1 Å². The average molecular weight is 563 g/mol. The number of carbonyl (C=O) groups is 1. The van der Waals surface area contributed by atoms with Crippen LogP contribution < -0.4 is 15.0 Å². The number of fused-ring (bicyclic) bond motifs is 1. The van der Waals surface area contributed by atoms with Crippen molar-refractivity contribution in [3.05, 3.63) is 47.8 Å². The molecule has 0 unspecified atom stereocenters. The van der Waals surface area contributed by atoms with E-state index in [2.05, 4.69) is 67.2 Å². The number of nitrogens with one attached hydrogen (secondary N) is 2. The van der Waals surface area contributed by atoms with Crippen molar-refractivity contribution in [2.24, 2.45) is 5.92 Å². The van der Waals surface area contributed by atoms with Gasteiger partial charge in [0.1, 0.15) is 23.7 Å². The van der Waals surface area contributed by atoms with E-state index >= 15 is 0 Å². The van der Waals surface area contributed by atoms with Gasteiger partial charge in [-0.25, -0.2) is 24.7 Å². The molecule has 5 rings (SSSR count). The molecule has 210 valence electrons. The van der Waals surface area contributed by atoms with Gasteiger partial charge in [0.05, 0.1) is 29.4 Å². The van der Waals surface area contributed by atoms with Crippen molar-refractivity contribution in [3.8, 4) is 5.75 Å². The van der Waals surface area contributed by atoms with Crippen molar-refractivity contribution < 1.29 is 14.6 Å². The highest BCUT2D eigenvalue weighted by atomic mass is 32.2. The highest BCUT2D eigenvalue weighted by Gasteiger charge is 2.23. The zero-order valence-corrected chi connectivity index (χ0v) is 24.2. The third-order valence-electron chi connectivity index (χ3n) is 6.88. The molecule has 1 aromatic carbocycles. The summed E-state index contributed by atoms with van der Waals surface area (Å²) in [5.74, 6) is 2.29. The van der Waals surface area contributed by atoms with Crippen LogP contribution in [0.15, 0.2) is 35.7 Å². The van der Waals surface area contributed by atoms with Gasteiger partial charge in [-0.1, -0.05) is 20.8 Å². The van der Waals surface area contributed by atoms with Gasteiger partial charge in [0.15, 0.2) is 11.5 Å². The van der Waals surface area contributed by atoms with Crippen molar-refractivity contribution >= 4 is 46.1 Å². The summed E-state index contributed by atoms with van der Waals surface area (Å²) in [4.78, 5) is 31.6. The molecule has 12 heteroatoms. The first-order valence-corrected chi connectivity index (χ1v) is 14.1. The fraction of sp³-hybridized carbons (Fsp3) is 0.429. The monoisotopic (exact) mass is 562 g/mol. The number of anilines is 3. The lowest BCUT2D eigenvalue weighted by Crippen LogP contribution is -2.36. The summed E-state index contributed by atoms with van der Waals surface area (Å²) < 4.78 is 6.44. The number of nitrogens with zero attached hydrogens (tertiary/aromatic N) is 6. The minimum Gasteiger partial charge on any atom is -0.492 e. The lowest BCUT2D eigenvalue weighted by atomic mass is 9.98. The minimum atomic E-state index is -1.07. The van der Waals surface area contributed by atoms with Crippen LogP contribution in [-0.4, -0.2) is 65.7 Å². The zero-order chi connectivity index (χ0) is 28.4. The predicted octanol–water partition coefficient (Wildman–Crippen LogP) is 5.39. The first-order chi connectivity index (χ1) is 19.1. The van der Waals surface area contributed by atoms with Gasteiger partial charge in [-0.05, 0) is 38.7 Å². The van der Waals surface area contributed by atoms with E-state index in [1.165, 1.54) is 12.4 Å². The summed E-state index contributed by atoms with van der Waals surface area (Å²) in [6.07, 6.45) is 6.28. The summed E-state index contributed by atoms with van der Waals surface area (Å²) in [7, 11) is 0. The van der Waals surface area contributed by atoms with Crippen molar-refractivity contribution in [1.82, 2.24) is 30.1 Å². The van der Waals surface area contributed by atoms with Gasteiger partial charge in [-0.2, -0.15) is 5.10 Å². The Kier molecular flexibility index (Phi) is 7.79. The standard InChI is InChI=1S/C28H34N8O3S/c1-16-17(2)34-35-25(16)33-26-19-10-23(40-28(3,4)5)22(11-20(19)31-15-32-26)39-14-18-6-8-36(9-7-18)24-13-29-21(12-30-24)27(37)38/h10-13,15,18H,6-9,14H2,1-5H3,(H,37,38)(H2,31,32,33,34,35). The number of aromatic carboxylic acids is 1. The SMILES string of the molecule is Cc1[nH]nc(Nc2ncnc3cc(OCC4CCN(c5cnc(C(=O)O)cn5)CC4)c(SC(C)(C)C)cc23)c1C. The van der Waals surface area contributed by atoms with Crippen molar-refractivity contribution in [2.75, 3.05) is 29.9 Å². The maximum absolute atomic E-state index is 11.1. The molecule has 3 N–H and O–H groups in total. The number of piperidine rings is 1. The summed E-state index contributed by atoms with van der Waals surface area (Å²) in [6.45, 7) is 12.8. The fourth-order valence-corrected chi connectivity index (χ4v) is 5.59. The molecule has 40 heavy (non-hydrogen) atoms. The molecule has 0 atom stereocenters. The van der Waals surface area contributed by atoms with Crippen LogP contribution in [0.5, 0.6) is 5.75 Å². The van der Waals surface area contributed by atoms with Crippen molar-refractivity contribution in [3.63, 3.8) is 0 Å². The Morgan fingerprint density at radius 3 is 2.52 bits per heavy atom. The molecule has 0 aliphatic carbocycles. The summed E-state index contributed by atoms with van der Waals surface area (Å²) in [5, 5.41) is 20.7. The zero-order valence-electron chi connectivity index (χ0n) is 23.4. The average Bonchev–Trinajstić information content (AvgIpc) is 3.24. The number of benzene rings is 1. The van der Waals surface area contributed by atoms with Gasteiger partial charge in [-0.3, -0.25) is 5.10 Å². The molecule has 0 spiro atoms. The smallest absolute Gasteiger partial charge is 0.356 e. The normalized spacial score (nSPS) is 14.5. The van der Waals surface area contributed by atoms with Crippen molar-refractivity contribution in [1.29, 1.82) is 0 Å². The Labute approximate surface area is 237 Å². The predicted molar refractivity (Wildman–Crippen MR) is 156 cm³/mol. The van der Waals surface area contributed by atoms with Gasteiger partial charge in [0, 0.05) is 40.5 Å². The maximum atomic E-state index is 11.1. The number of hydrogen-bond donors (Lipinski definition) is 3. The van der Waals surface area contributed by atoms with Crippen LogP contribution in [0.4, 0.5) is 17.5 Å². The van der Waals surface area contributed by atoms with Crippen LogP contribution in [0, 0.1) is 19.8 Å². The Morgan fingerprint density at radius 1 is 1.12 bits per heavy atom. The van der Waals surface area contributed by atoms with E-state index in [-0.39, 0.29) is 10.4 Å². The molecular weight excluding hydrogens is 528 g/mol. The third-order valence-corrected chi connectivity index (χ3v) is 8.03. The van der Waals surface area contributed by atoms with Crippen LogP contribution in [-0.2, 0) is 0 Å². The topological polar surface area (TPSA) is 142 Å². The van der Waals surface area contributed by atoms with Gasteiger partial charge in [-0.15, -0.1) is 11.8 Å². The van der Waals surface area contributed by atoms with Crippen LogP contribution in [0.2, 0.25) is 0 Å². The van der Waals surface area contributed by atoms with E-state index in [9.17, 15) is 4.79 Å². The highest BCUT2D eigenvalue weighted by molar-refractivity contribution is 8.00. The summed E-state index contributed by atoms with van der Waals surface area (Å²) in [5.41, 5.74) is 2.81. The Bertz CT molecular complexity index is 1510. The number of carboxylic acids is 1. The molecule has 4 aromatic rings. The molecule has 11 nitrogen and oxygen atoms in total. The van der Waals surface area contributed by atoms with E-state index in [1.807, 2.05) is 19.9 Å². The minimum absolute atomic E-state index is 0.0204. The molecule has 1 aliphatic heterocycles. The summed E-state index contributed by atoms with van der Waals surface area (Å²) >= 11 is 1.76. The number of aryl methyl sites for hydroxylation is 1. The highest BCUT2D eigenvalue weighted by Crippen LogP contribution is 2.41. The second kappa shape index (κ2) is 11.3. The van der Waals surface area contributed by atoms with Gasteiger partial charge in [0.2, 0.25) is 0 Å². The number of rotatable bonds is 8. The number of hydrogen-bond acceptors (Lipinski definition) is 10. The Morgan fingerprint density at radius 2 is 1.90 bits per heavy atom. The van der Waals surface area contributed by atoms with Crippen LogP contribution in [0.25, 0.3) is 10.9 Å². The number of carboxylic acid groups (broad SMARTS) is 1. The number of thioether (sulfide) groups is 1. The first-order valence-electron chi connectivity index (χ1n) is 13.3. The largest absolute Gasteiger partial charge is 0.492 e. The quantitative estimate of drug-likeness (QED) is 0.238. The van der Waals surface area contributed by atoms with E-state index in [1.54, 1.807) is 18.1 Å². The molecule has 0 radical (unpaired) electrons. The van der Waals surface area contributed by atoms with Gasteiger partial charge in [0.25, 0.3) is 0 Å². The lowest BCUT2D eigenvalue weighted by Gasteiger charge is -2.32. The molecule has 0 saturated carbocycles. The molecule has 0 bridgehead atoms. The molecule has 1 aliphatic rings. The number of ether oxygens (including phenoxy) is 1. The molecule has 1 saturated heterocycles. The first kappa shape index (κ1) is 27.6. The maximum Gasteiger partial charge on any atom is 0.356 e. The number of aromatic amines is 1. The molecular formula is C28H34N8O3S. The molecule has 4 heterocycles. The van der Waals surface area contributed by atoms with Crippen LogP contribution in [0.3, 0.4) is 0 Å².